The van der Waals surface area contributed by atoms with Crippen molar-refractivity contribution in [1.82, 2.24) is 4.90 Å². The Hall–Kier alpha value is -1.59. The number of anilines is 1. The van der Waals surface area contributed by atoms with Crippen LogP contribution in [0.4, 0.5) is 5.69 Å². The zero-order valence-electron chi connectivity index (χ0n) is 11.3. The Morgan fingerprint density at radius 1 is 1.35 bits per heavy atom. The topological polar surface area (TPSA) is 60.9 Å². The molecule has 1 atom stereocenters. The van der Waals surface area contributed by atoms with Gasteiger partial charge in [0, 0.05) is 10.6 Å². The zero-order valence-corrected chi connectivity index (χ0v) is 12.0. The Balaban J connectivity index is 2.21. The van der Waals surface area contributed by atoms with Gasteiger partial charge in [0.1, 0.15) is 6.04 Å². The van der Waals surface area contributed by atoms with Gasteiger partial charge in [-0.1, -0.05) is 11.6 Å². The first-order valence-corrected chi connectivity index (χ1v) is 6.87. The van der Waals surface area contributed by atoms with E-state index in [1.807, 2.05) is 13.8 Å². The molecule has 2 aliphatic heterocycles. The summed E-state index contributed by atoms with van der Waals surface area (Å²) in [6.45, 7) is 3.85. The molecule has 3 rings (SSSR count). The minimum atomic E-state index is -0.617. The third-order valence-electron chi connectivity index (χ3n) is 4.12. The average molecular weight is 295 g/mol. The van der Waals surface area contributed by atoms with Gasteiger partial charge in [-0.05, 0) is 44.9 Å². The van der Waals surface area contributed by atoms with E-state index in [0.717, 1.165) is 6.42 Å². The fourth-order valence-electron chi connectivity index (χ4n) is 3.07. The molecule has 0 aromatic heterocycles. The van der Waals surface area contributed by atoms with Gasteiger partial charge in [0.25, 0.3) is 11.8 Å². The molecule has 0 spiro atoms. The highest BCUT2D eigenvalue weighted by Crippen LogP contribution is 2.40. The van der Waals surface area contributed by atoms with Crippen LogP contribution in [0.5, 0.6) is 0 Å². The van der Waals surface area contributed by atoms with E-state index in [1.54, 1.807) is 11.0 Å². The first-order valence-electron chi connectivity index (χ1n) is 6.49. The number of fused-ring (bicyclic) bond motifs is 2. The molecule has 1 aromatic carbocycles. The number of hydrogen-bond donors (Lipinski definition) is 1. The summed E-state index contributed by atoms with van der Waals surface area (Å²) in [4.78, 5) is 26.7. The van der Waals surface area contributed by atoms with Crippen molar-refractivity contribution in [3.63, 3.8) is 0 Å². The van der Waals surface area contributed by atoms with E-state index >= 15 is 0 Å². The number of hydrogen-bond acceptors (Lipinski definition) is 3. The molecule has 5 nitrogen and oxygen atoms in total. The summed E-state index contributed by atoms with van der Waals surface area (Å²) in [6, 6.07) is 3.91. The van der Waals surface area contributed by atoms with Crippen LogP contribution in [0.15, 0.2) is 18.2 Å². The Labute approximate surface area is 121 Å². The van der Waals surface area contributed by atoms with Crippen molar-refractivity contribution in [1.29, 1.82) is 0 Å². The van der Waals surface area contributed by atoms with Crippen molar-refractivity contribution in [2.24, 2.45) is 0 Å². The van der Waals surface area contributed by atoms with Crippen molar-refractivity contribution in [2.45, 2.75) is 38.3 Å². The van der Waals surface area contributed by atoms with Gasteiger partial charge in [0.05, 0.1) is 11.3 Å². The molecule has 1 fully saturated rings. The minimum absolute atomic E-state index is 0.189. The SMILES string of the molecule is CC1(C)CCC2C(=O)N(O)c3ccc(Cl)cc3C(=O)N21. The molecule has 0 radical (unpaired) electrons. The fraction of sp³-hybridized carbons (Fsp3) is 0.429. The number of amides is 2. The lowest BCUT2D eigenvalue weighted by molar-refractivity contribution is -0.127. The van der Waals surface area contributed by atoms with E-state index in [1.165, 1.54) is 12.1 Å². The molecule has 2 amide bonds. The Bertz CT molecular complexity index is 614. The van der Waals surface area contributed by atoms with E-state index in [-0.39, 0.29) is 17.2 Å². The highest BCUT2D eigenvalue weighted by atomic mass is 35.5. The second-order valence-electron chi connectivity index (χ2n) is 5.85. The molecule has 0 saturated carbocycles. The third kappa shape index (κ3) is 1.73. The van der Waals surface area contributed by atoms with E-state index in [4.69, 9.17) is 11.6 Å². The van der Waals surface area contributed by atoms with Crippen LogP contribution in [0.2, 0.25) is 5.02 Å². The van der Waals surface area contributed by atoms with E-state index in [0.29, 0.717) is 16.5 Å². The van der Waals surface area contributed by atoms with Crippen LogP contribution in [0.3, 0.4) is 0 Å². The van der Waals surface area contributed by atoms with Gasteiger partial charge in [0.15, 0.2) is 0 Å². The number of carbonyl (C=O) groups excluding carboxylic acids is 2. The van der Waals surface area contributed by atoms with Gasteiger partial charge < -0.3 is 4.90 Å². The van der Waals surface area contributed by atoms with Gasteiger partial charge >= 0.3 is 0 Å². The normalized spacial score (nSPS) is 24.5. The molecule has 2 heterocycles. The van der Waals surface area contributed by atoms with Crippen molar-refractivity contribution in [3.05, 3.63) is 28.8 Å². The number of halogens is 1. The van der Waals surface area contributed by atoms with Crippen LogP contribution in [-0.4, -0.2) is 33.5 Å². The van der Waals surface area contributed by atoms with Gasteiger partial charge in [-0.3, -0.25) is 14.8 Å². The van der Waals surface area contributed by atoms with Gasteiger partial charge in [-0.25, -0.2) is 0 Å². The summed E-state index contributed by atoms with van der Waals surface area (Å²) in [5.74, 6) is -0.732. The van der Waals surface area contributed by atoms with Crippen LogP contribution in [0.1, 0.15) is 37.0 Å². The summed E-state index contributed by atoms with van der Waals surface area (Å²) in [7, 11) is 0. The van der Waals surface area contributed by atoms with Crippen molar-refractivity contribution in [3.8, 4) is 0 Å². The molecule has 1 aromatic rings. The Morgan fingerprint density at radius 3 is 2.75 bits per heavy atom. The van der Waals surface area contributed by atoms with Crippen LogP contribution in [-0.2, 0) is 4.79 Å². The maximum Gasteiger partial charge on any atom is 0.273 e. The quantitative estimate of drug-likeness (QED) is 0.748. The largest absolute Gasteiger partial charge is 0.321 e. The van der Waals surface area contributed by atoms with Crippen molar-refractivity contribution < 1.29 is 14.8 Å². The summed E-state index contributed by atoms with van der Waals surface area (Å²) < 4.78 is 0. The number of benzene rings is 1. The number of carbonyl (C=O) groups is 2. The molecule has 0 bridgehead atoms. The lowest BCUT2D eigenvalue weighted by Crippen LogP contribution is -2.50. The number of hydroxylamine groups is 1. The molecular formula is C14H15ClN2O3. The second kappa shape index (κ2) is 4.20. The van der Waals surface area contributed by atoms with E-state index in [2.05, 4.69) is 0 Å². The van der Waals surface area contributed by atoms with Gasteiger partial charge in [0.2, 0.25) is 0 Å². The summed E-state index contributed by atoms with van der Waals surface area (Å²) in [5, 5.41) is 11.1. The first kappa shape index (κ1) is 13.4. The summed E-state index contributed by atoms with van der Waals surface area (Å²) >= 11 is 5.94. The van der Waals surface area contributed by atoms with Gasteiger partial charge in [-0.15, -0.1) is 0 Å². The molecule has 1 N–H and O–H groups in total. The third-order valence-corrected chi connectivity index (χ3v) is 4.36. The van der Waals surface area contributed by atoms with E-state index in [9.17, 15) is 14.8 Å². The fourth-order valence-corrected chi connectivity index (χ4v) is 3.24. The highest BCUT2D eigenvalue weighted by Gasteiger charge is 2.50. The molecule has 1 saturated heterocycles. The zero-order chi connectivity index (χ0) is 14.7. The van der Waals surface area contributed by atoms with Crippen LogP contribution >= 0.6 is 11.6 Å². The molecule has 0 aliphatic carbocycles. The Kier molecular flexibility index (Phi) is 2.81. The summed E-state index contributed by atoms with van der Waals surface area (Å²) in [6.07, 6.45) is 1.27. The molecule has 6 heteroatoms. The predicted molar refractivity (Wildman–Crippen MR) is 74.0 cm³/mol. The molecule has 2 aliphatic rings. The standard InChI is InChI=1S/C14H15ClN2O3/c1-14(2)6-5-11-13(19)17(20)10-4-3-8(15)7-9(10)12(18)16(11)14/h3-4,7,11,20H,5-6H2,1-2H3. The molecule has 20 heavy (non-hydrogen) atoms. The maximum absolute atomic E-state index is 12.8. The minimum Gasteiger partial charge on any atom is -0.321 e. The average Bonchev–Trinajstić information content (AvgIpc) is 2.68. The Morgan fingerprint density at radius 2 is 2.05 bits per heavy atom. The van der Waals surface area contributed by atoms with Crippen molar-refractivity contribution >= 4 is 29.1 Å². The lowest BCUT2D eigenvalue weighted by Gasteiger charge is -2.34. The molecular weight excluding hydrogens is 280 g/mol. The molecule has 106 valence electrons. The number of nitrogens with zero attached hydrogens (tertiary/aromatic N) is 2. The maximum atomic E-state index is 12.8. The van der Waals surface area contributed by atoms with Gasteiger partial charge in [-0.2, -0.15) is 5.06 Å². The van der Waals surface area contributed by atoms with Crippen LogP contribution in [0, 0.1) is 0 Å². The predicted octanol–water partition coefficient (Wildman–Crippen LogP) is 2.46. The molecule has 1 unspecified atom stereocenters. The number of rotatable bonds is 0. The summed E-state index contributed by atoms with van der Waals surface area (Å²) in [5.41, 5.74) is 0.0303. The lowest BCUT2D eigenvalue weighted by atomic mass is 10.0. The van der Waals surface area contributed by atoms with Crippen LogP contribution in [0.25, 0.3) is 0 Å². The smallest absolute Gasteiger partial charge is 0.273 e. The first-order chi connectivity index (χ1) is 9.33. The van der Waals surface area contributed by atoms with Crippen molar-refractivity contribution in [2.75, 3.05) is 5.06 Å². The second-order valence-corrected chi connectivity index (χ2v) is 6.29. The monoisotopic (exact) mass is 294 g/mol. The van der Waals surface area contributed by atoms with E-state index < -0.39 is 17.5 Å². The van der Waals surface area contributed by atoms with Crippen LogP contribution < -0.4 is 5.06 Å². The highest BCUT2D eigenvalue weighted by molar-refractivity contribution is 6.31.